The Balaban J connectivity index is 1.94. The first-order chi connectivity index (χ1) is 19.0. The number of likely N-dealkylation sites (tertiary alicyclic amines) is 2. The molecule has 0 aliphatic carbocycles. The summed E-state index contributed by atoms with van der Waals surface area (Å²) in [5.41, 5.74) is 12.7. The van der Waals surface area contributed by atoms with E-state index in [0.717, 1.165) is 0 Å². The molecule has 0 aromatic rings. The SMILES string of the molecule is CCOC(=O)[C@H](CCCN=C(N)N[N+](=O)[O-])NC(=O)[C@@H]1CCCN1C(=O)CNC(=O)[C@@H]1CCCN1C(=O)[C@H](C)N. The van der Waals surface area contributed by atoms with Crippen molar-refractivity contribution in [3.05, 3.63) is 10.1 Å². The van der Waals surface area contributed by atoms with Gasteiger partial charge in [-0.3, -0.25) is 19.2 Å². The molecule has 4 atom stereocenters. The molecule has 17 nitrogen and oxygen atoms in total. The van der Waals surface area contributed by atoms with Gasteiger partial charge in [0, 0.05) is 19.6 Å². The Labute approximate surface area is 231 Å². The lowest BCUT2D eigenvalue weighted by atomic mass is 10.1. The minimum atomic E-state index is -1.03. The molecule has 0 spiro atoms. The molecular formula is C23H39N9O8. The van der Waals surface area contributed by atoms with Crippen molar-refractivity contribution in [2.24, 2.45) is 16.5 Å². The monoisotopic (exact) mass is 569 g/mol. The molecule has 4 amide bonds. The molecule has 2 aliphatic heterocycles. The molecule has 7 N–H and O–H groups in total. The van der Waals surface area contributed by atoms with E-state index in [-0.39, 0.29) is 38.4 Å². The fraction of sp³-hybridized carbons (Fsp3) is 0.739. The number of nitrogens with zero attached hydrogens (tertiary/aromatic N) is 4. The number of aliphatic imine (C=N–C) groups is 1. The van der Waals surface area contributed by atoms with Crippen LogP contribution in [-0.4, -0.2) is 107 Å². The van der Waals surface area contributed by atoms with Gasteiger partial charge < -0.3 is 36.6 Å². The van der Waals surface area contributed by atoms with Crippen LogP contribution in [0.2, 0.25) is 0 Å². The molecule has 0 bridgehead atoms. The number of nitrogens with one attached hydrogen (secondary N) is 3. The highest BCUT2D eigenvalue weighted by molar-refractivity contribution is 5.94. The minimum Gasteiger partial charge on any atom is -0.464 e. The van der Waals surface area contributed by atoms with Crippen molar-refractivity contribution in [1.29, 1.82) is 0 Å². The number of carbonyl (C=O) groups excluding carboxylic acids is 5. The summed E-state index contributed by atoms with van der Waals surface area (Å²) in [5.74, 6) is -2.86. The lowest BCUT2D eigenvalue weighted by Gasteiger charge is -2.27. The number of rotatable bonds is 13. The number of esters is 1. The van der Waals surface area contributed by atoms with Gasteiger partial charge in [-0.2, -0.15) is 0 Å². The maximum atomic E-state index is 13.1. The molecule has 2 saturated heterocycles. The molecule has 0 aromatic carbocycles. The Hall–Kier alpha value is -4.02. The number of ether oxygens (including phenoxy) is 1. The number of nitrogens with two attached hydrogens (primary N) is 2. The summed E-state index contributed by atoms with van der Waals surface area (Å²) in [4.78, 5) is 80.4. The number of hydrogen-bond acceptors (Lipinski definition) is 10. The summed E-state index contributed by atoms with van der Waals surface area (Å²) in [6.45, 7) is 3.67. The van der Waals surface area contributed by atoms with E-state index < -0.39 is 58.9 Å². The third kappa shape index (κ3) is 9.32. The van der Waals surface area contributed by atoms with E-state index in [1.165, 1.54) is 9.80 Å². The van der Waals surface area contributed by atoms with Crippen LogP contribution in [0.3, 0.4) is 0 Å². The average molecular weight is 570 g/mol. The predicted octanol–water partition coefficient (Wildman–Crippen LogP) is -2.64. The normalized spacial score (nSPS) is 20.4. The van der Waals surface area contributed by atoms with Gasteiger partial charge in [0.2, 0.25) is 23.6 Å². The Kier molecular flexibility index (Phi) is 12.5. The minimum absolute atomic E-state index is 0.0560. The quantitative estimate of drug-likeness (QED) is 0.0383. The number of hydrazine groups is 1. The molecule has 0 radical (unpaired) electrons. The number of hydrogen-bond donors (Lipinski definition) is 5. The van der Waals surface area contributed by atoms with Gasteiger partial charge in [0.25, 0.3) is 5.96 Å². The van der Waals surface area contributed by atoms with Gasteiger partial charge in [-0.25, -0.2) is 19.9 Å². The van der Waals surface area contributed by atoms with Crippen LogP contribution in [0.1, 0.15) is 52.4 Å². The summed E-state index contributed by atoms with van der Waals surface area (Å²) in [5, 5.41) is 14.7. The zero-order valence-electron chi connectivity index (χ0n) is 22.8. The van der Waals surface area contributed by atoms with E-state index >= 15 is 0 Å². The van der Waals surface area contributed by atoms with E-state index in [9.17, 15) is 34.1 Å². The van der Waals surface area contributed by atoms with E-state index in [2.05, 4.69) is 15.6 Å². The average Bonchev–Trinajstić information content (AvgIpc) is 3.58. The predicted molar refractivity (Wildman–Crippen MR) is 141 cm³/mol. The second kappa shape index (κ2) is 15.5. The molecule has 224 valence electrons. The lowest BCUT2D eigenvalue weighted by Crippen LogP contribution is -2.54. The number of nitro groups is 1. The van der Waals surface area contributed by atoms with Gasteiger partial charge in [-0.1, -0.05) is 5.43 Å². The number of amides is 4. The van der Waals surface area contributed by atoms with Crippen molar-refractivity contribution < 1.29 is 33.7 Å². The zero-order chi connectivity index (χ0) is 29.8. The Bertz CT molecular complexity index is 989. The van der Waals surface area contributed by atoms with Crippen LogP contribution < -0.4 is 27.5 Å². The molecule has 17 heteroatoms. The van der Waals surface area contributed by atoms with E-state index in [1.807, 2.05) is 0 Å². The smallest absolute Gasteiger partial charge is 0.328 e. The molecule has 0 saturated carbocycles. The zero-order valence-corrected chi connectivity index (χ0v) is 22.8. The second-order valence-electron chi connectivity index (χ2n) is 9.53. The van der Waals surface area contributed by atoms with Gasteiger partial charge in [-0.05, 0) is 52.4 Å². The van der Waals surface area contributed by atoms with Gasteiger partial charge >= 0.3 is 5.97 Å². The van der Waals surface area contributed by atoms with Crippen molar-refractivity contribution in [1.82, 2.24) is 25.9 Å². The van der Waals surface area contributed by atoms with Gasteiger partial charge in [-0.15, -0.1) is 0 Å². The Morgan fingerprint density at radius 1 is 1.10 bits per heavy atom. The Morgan fingerprint density at radius 3 is 2.33 bits per heavy atom. The summed E-state index contributed by atoms with van der Waals surface area (Å²) >= 11 is 0. The summed E-state index contributed by atoms with van der Waals surface area (Å²) in [6.07, 6.45) is 2.41. The van der Waals surface area contributed by atoms with Gasteiger partial charge in [0.1, 0.15) is 18.1 Å². The van der Waals surface area contributed by atoms with Crippen molar-refractivity contribution in [2.45, 2.75) is 76.5 Å². The summed E-state index contributed by atoms with van der Waals surface area (Å²) in [7, 11) is 0. The summed E-state index contributed by atoms with van der Waals surface area (Å²) < 4.78 is 5.05. The maximum Gasteiger partial charge on any atom is 0.328 e. The molecular weight excluding hydrogens is 530 g/mol. The molecule has 2 heterocycles. The molecule has 2 aliphatic rings. The third-order valence-electron chi connectivity index (χ3n) is 6.54. The highest BCUT2D eigenvalue weighted by Crippen LogP contribution is 2.20. The van der Waals surface area contributed by atoms with Crippen molar-refractivity contribution in [2.75, 3.05) is 32.8 Å². The molecule has 2 fully saturated rings. The number of carbonyl (C=O) groups is 5. The first-order valence-electron chi connectivity index (χ1n) is 13.3. The van der Waals surface area contributed by atoms with Crippen molar-refractivity contribution >= 4 is 35.6 Å². The molecule has 0 unspecified atom stereocenters. The lowest BCUT2D eigenvalue weighted by molar-refractivity contribution is -0.525. The maximum absolute atomic E-state index is 13.1. The topological polar surface area (TPSA) is 245 Å². The Morgan fingerprint density at radius 2 is 1.73 bits per heavy atom. The van der Waals surface area contributed by atoms with Crippen LogP contribution in [0.5, 0.6) is 0 Å². The van der Waals surface area contributed by atoms with E-state index in [4.69, 9.17) is 16.2 Å². The van der Waals surface area contributed by atoms with E-state index in [1.54, 1.807) is 19.3 Å². The highest BCUT2D eigenvalue weighted by Gasteiger charge is 2.38. The van der Waals surface area contributed by atoms with Crippen LogP contribution in [0.15, 0.2) is 4.99 Å². The van der Waals surface area contributed by atoms with Crippen molar-refractivity contribution in [3.63, 3.8) is 0 Å². The van der Waals surface area contributed by atoms with Crippen LogP contribution >= 0.6 is 0 Å². The third-order valence-corrected chi connectivity index (χ3v) is 6.54. The van der Waals surface area contributed by atoms with Crippen LogP contribution in [0, 0.1) is 10.1 Å². The fourth-order valence-electron chi connectivity index (χ4n) is 4.67. The first-order valence-corrected chi connectivity index (χ1v) is 13.3. The fourth-order valence-corrected chi connectivity index (χ4v) is 4.67. The molecule has 40 heavy (non-hydrogen) atoms. The van der Waals surface area contributed by atoms with E-state index in [0.29, 0.717) is 38.8 Å². The molecule has 0 aromatic heterocycles. The second-order valence-corrected chi connectivity index (χ2v) is 9.53. The van der Waals surface area contributed by atoms with Crippen molar-refractivity contribution in [3.8, 4) is 0 Å². The largest absolute Gasteiger partial charge is 0.464 e. The highest BCUT2D eigenvalue weighted by atomic mass is 16.7. The van der Waals surface area contributed by atoms with Gasteiger partial charge in [0.05, 0.1) is 19.2 Å². The summed E-state index contributed by atoms with van der Waals surface area (Å²) in [6, 6.07) is -3.32. The molecule has 2 rings (SSSR count). The van der Waals surface area contributed by atoms with Crippen LogP contribution in [0.4, 0.5) is 0 Å². The first kappa shape index (κ1) is 32.2. The van der Waals surface area contributed by atoms with Crippen LogP contribution in [0.25, 0.3) is 0 Å². The number of guanidine groups is 1. The van der Waals surface area contributed by atoms with Crippen LogP contribution in [-0.2, 0) is 28.7 Å². The van der Waals surface area contributed by atoms with Gasteiger partial charge in [0.15, 0.2) is 5.03 Å². The standard InChI is InChI=1S/C23H39N9O8/c1-3-40-22(37)15(7-4-10-26-23(25)29-32(38)39)28-20(35)17-9-5-11-30(17)18(33)13-27-19(34)16-8-6-12-31(16)21(36)14(2)24/h14-17H,3-13,24H2,1-2H3,(H,27,34)(H,28,35)(H3,25,26,29)/t14-,15-,16-,17-/m0/s1.